The van der Waals surface area contributed by atoms with E-state index in [1.165, 1.54) is 0 Å². The van der Waals surface area contributed by atoms with E-state index < -0.39 is 0 Å². The Morgan fingerprint density at radius 1 is 1.30 bits per heavy atom. The maximum absolute atomic E-state index is 11.9. The number of aliphatic hydroxyl groups is 1. The predicted molar refractivity (Wildman–Crippen MR) is 90.2 cm³/mol. The van der Waals surface area contributed by atoms with Gasteiger partial charge in [0.05, 0.1) is 19.7 Å². The number of furan rings is 1. The topological polar surface area (TPSA) is 65.7 Å². The molecule has 6 heteroatoms. The minimum Gasteiger partial charge on any atom is -0.459 e. The summed E-state index contributed by atoms with van der Waals surface area (Å²) < 4.78 is 5.72. The van der Waals surface area contributed by atoms with Gasteiger partial charge in [-0.2, -0.15) is 0 Å². The number of nitrogens with zero attached hydrogens (tertiary/aromatic N) is 1. The molecule has 1 heterocycles. The summed E-state index contributed by atoms with van der Waals surface area (Å²) in [5, 5.41) is 12.5. The molecule has 0 aliphatic carbocycles. The van der Waals surface area contributed by atoms with Gasteiger partial charge in [-0.05, 0) is 50.4 Å². The zero-order valence-corrected chi connectivity index (χ0v) is 14.0. The maximum Gasteiger partial charge on any atom is 0.234 e. The van der Waals surface area contributed by atoms with E-state index in [0.717, 1.165) is 11.3 Å². The van der Waals surface area contributed by atoms with Crippen LogP contribution in [-0.4, -0.2) is 42.2 Å². The molecule has 0 fully saturated rings. The van der Waals surface area contributed by atoms with Crippen molar-refractivity contribution in [1.29, 1.82) is 0 Å². The lowest BCUT2D eigenvalue weighted by Gasteiger charge is -2.21. The molecule has 1 atom stereocenters. The van der Waals surface area contributed by atoms with E-state index in [1.54, 1.807) is 24.1 Å². The van der Waals surface area contributed by atoms with Gasteiger partial charge in [0, 0.05) is 16.6 Å². The molecule has 1 aromatic heterocycles. The highest BCUT2D eigenvalue weighted by Gasteiger charge is 2.12. The highest BCUT2D eigenvalue weighted by atomic mass is 35.5. The molecule has 0 saturated carbocycles. The minimum atomic E-state index is -0.114. The zero-order valence-electron chi connectivity index (χ0n) is 13.3. The summed E-state index contributed by atoms with van der Waals surface area (Å²) >= 11 is 5.87. The Bertz CT molecular complexity index is 640. The molecule has 0 radical (unpaired) electrons. The average molecular weight is 337 g/mol. The molecular formula is C17H21ClN2O3. The highest BCUT2D eigenvalue weighted by molar-refractivity contribution is 6.30. The molecule has 0 bridgehead atoms. The fourth-order valence-corrected chi connectivity index (χ4v) is 2.13. The Balaban J connectivity index is 1.87. The normalized spacial score (nSPS) is 12.4. The number of halogens is 1. The van der Waals surface area contributed by atoms with Crippen molar-refractivity contribution in [2.75, 3.05) is 20.2 Å². The van der Waals surface area contributed by atoms with Gasteiger partial charge in [-0.1, -0.05) is 11.6 Å². The first-order chi connectivity index (χ1) is 11.0. The largest absolute Gasteiger partial charge is 0.459 e. The second-order valence-electron chi connectivity index (χ2n) is 5.50. The summed E-state index contributed by atoms with van der Waals surface area (Å²) in [6.07, 6.45) is 0. The Hall–Kier alpha value is -1.82. The van der Waals surface area contributed by atoms with Gasteiger partial charge in [0.25, 0.3) is 0 Å². The van der Waals surface area contributed by atoms with Crippen LogP contribution in [0.25, 0.3) is 11.3 Å². The van der Waals surface area contributed by atoms with Gasteiger partial charge in [-0.25, -0.2) is 0 Å². The van der Waals surface area contributed by atoms with Gasteiger partial charge >= 0.3 is 0 Å². The molecule has 0 aliphatic rings. The number of nitrogens with one attached hydrogen (secondary N) is 1. The Morgan fingerprint density at radius 3 is 2.65 bits per heavy atom. The van der Waals surface area contributed by atoms with E-state index in [4.69, 9.17) is 21.1 Å². The van der Waals surface area contributed by atoms with Crippen molar-refractivity contribution < 1.29 is 14.3 Å². The first kappa shape index (κ1) is 17.5. The van der Waals surface area contributed by atoms with Gasteiger partial charge in [0.2, 0.25) is 5.91 Å². The quantitative estimate of drug-likeness (QED) is 0.815. The van der Waals surface area contributed by atoms with E-state index in [1.807, 2.05) is 31.2 Å². The van der Waals surface area contributed by atoms with Crippen molar-refractivity contribution in [2.45, 2.75) is 19.5 Å². The Kier molecular flexibility index (Phi) is 6.21. The van der Waals surface area contributed by atoms with E-state index in [9.17, 15) is 4.79 Å². The van der Waals surface area contributed by atoms with E-state index in [-0.39, 0.29) is 25.1 Å². The predicted octanol–water partition coefficient (Wildman–Crippen LogP) is 2.53. The van der Waals surface area contributed by atoms with Crippen LogP contribution in [-0.2, 0) is 11.3 Å². The van der Waals surface area contributed by atoms with Crippen molar-refractivity contribution in [2.24, 2.45) is 0 Å². The van der Waals surface area contributed by atoms with Gasteiger partial charge < -0.3 is 14.8 Å². The van der Waals surface area contributed by atoms with Crippen LogP contribution in [0.5, 0.6) is 0 Å². The maximum atomic E-state index is 11.9. The van der Waals surface area contributed by atoms with Gasteiger partial charge in [-0.15, -0.1) is 0 Å². The third-order valence-electron chi connectivity index (χ3n) is 3.66. The number of benzene rings is 1. The number of likely N-dealkylation sites (N-methyl/N-ethyl adjacent to an activating group) is 1. The SMILES string of the molecule is CC(CO)N(C)CC(=O)NCc1ccc(-c2ccc(Cl)cc2)o1. The van der Waals surface area contributed by atoms with Crippen LogP contribution in [0.3, 0.4) is 0 Å². The highest BCUT2D eigenvalue weighted by Crippen LogP contribution is 2.23. The number of hydrogen-bond acceptors (Lipinski definition) is 4. The van der Waals surface area contributed by atoms with Crippen LogP contribution in [0.1, 0.15) is 12.7 Å². The molecule has 0 aliphatic heterocycles. The Labute approximate surface area is 140 Å². The number of hydrogen-bond donors (Lipinski definition) is 2. The molecule has 1 unspecified atom stereocenters. The summed E-state index contributed by atoms with van der Waals surface area (Å²) in [4.78, 5) is 13.7. The van der Waals surface area contributed by atoms with Crippen LogP contribution >= 0.6 is 11.6 Å². The third-order valence-corrected chi connectivity index (χ3v) is 3.91. The van der Waals surface area contributed by atoms with Gasteiger partial charge in [0.1, 0.15) is 11.5 Å². The lowest BCUT2D eigenvalue weighted by atomic mass is 10.2. The molecular weight excluding hydrogens is 316 g/mol. The van der Waals surface area contributed by atoms with Gasteiger partial charge in [0.15, 0.2) is 0 Å². The lowest BCUT2D eigenvalue weighted by molar-refractivity contribution is -0.122. The van der Waals surface area contributed by atoms with Crippen molar-refractivity contribution in [1.82, 2.24) is 10.2 Å². The van der Waals surface area contributed by atoms with E-state index >= 15 is 0 Å². The minimum absolute atomic E-state index is 0.0203. The lowest BCUT2D eigenvalue weighted by Crippen LogP contribution is -2.40. The van der Waals surface area contributed by atoms with Crippen molar-refractivity contribution in [3.63, 3.8) is 0 Å². The zero-order chi connectivity index (χ0) is 16.8. The second kappa shape index (κ2) is 8.15. The van der Waals surface area contributed by atoms with Crippen LogP contribution < -0.4 is 5.32 Å². The fraction of sp³-hybridized carbons (Fsp3) is 0.353. The molecule has 0 saturated heterocycles. The first-order valence-corrected chi connectivity index (χ1v) is 7.80. The Morgan fingerprint density at radius 2 is 2.00 bits per heavy atom. The number of carbonyl (C=O) groups excluding carboxylic acids is 1. The van der Waals surface area contributed by atoms with Crippen LogP contribution in [0, 0.1) is 0 Å². The van der Waals surface area contributed by atoms with E-state index in [0.29, 0.717) is 17.3 Å². The summed E-state index contributed by atoms with van der Waals surface area (Å²) in [5.74, 6) is 1.30. The smallest absolute Gasteiger partial charge is 0.234 e. The molecule has 1 amide bonds. The summed E-state index contributed by atoms with van der Waals surface area (Å²) in [5.41, 5.74) is 0.934. The second-order valence-corrected chi connectivity index (χ2v) is 5.93. The fourth-order valence-electron chi connectivity index (χ4n) is 2.01. The standard InChI is InChI=1S/C17H21ClN2O3/c1-12(11-21)20(2)10-17(22)19-9-15-7-8-16(23-15)13-3-5-14(18)6-4-13/h3-8,12,21H,9-11H2,1-2H3,(H,19,22). The third kappa shape index (κ3) is 5.10. The van der Waals surface area contributed by atoms with Gasteiger partial charge in [-0.3, -0.25) is 9.69 Å². The molecule has 2 rings (SSSR count). The van der Waals surface area contributed by atoms with Crippen LogP contribution in [0.4, 0.5) is 0 Å². The van der Waals surface area contributed by atoms with Crippen LogP contribution in [0.15, 0.2) is 40.8 Å². The van der Waals surface area contributed by atoms with E-state index in [2.05, 4.69) is 5.32 Å². The van der Waals surface area contributed by atoms with Crippen molar-refractivity contribution >= 4 is 17.5 Å². The molecule has 124 valence electrons. The summed E-state index contributed by atoms with van der Waals surface area (Å²) in [7, 11) is 1.80. The van der Waals surface area contributed by atoms with Crippen LogP contribution in [0.2, 0.25) is 5.02 Å². The first-order valence-electron chi connectivity index (χ1n) is 7.42. The molecule has 1 aromatic carbocycles. The molecule has 2 N–H and O–H groups in total. The molecule has 0 spiro atoms. The molecule has 2 aromatic rings. The summed E-state index contributed by atoms with van der Waals surface area (Å²) in [6, 6.07) is 11.0. The van der Waals surface area contributed by atoms with Crippen molar-refractivity contribution in [3.05, 3.63) is 47.2 Å². The van der Waals surface area contributed by atoms with Crippen molar-refractivity contribution in [3.8, 4) is 11.3 Å². The number of aliphatic hydroxyl groups excluding tert-OH is 1. The number of amides is 1. The molecule has 5 nitrogen and oxygen atoms in total. The number of rotatable bonds is 7. The summed E-state index contributed by atoms with van der Waals surface area (Å²) in [6.45, 7) is 2.44. The average Bonchev–Trinajstić information content (AvgIpc) is 3.01. The monoisotopic (exact) mass is 336 g/mol. The number of carbonyl (C=O) groups is 1. The molecule has 23 heavy (non-hydrogen) atoms.